The molecular weight excluding hydrogens is 447 g/mol. The fraction of sp³-hybridized carbons (Fsp3) is 0.550. The highest BCUT2D eigenvalue weighted by Gasteiger charge is 2.40. The molecule has 1 aliphatic rings. The zero-order valence-electron chi connectivity index (χ0n) is 18.0. The molecule has 1 radical (unpaired) electrons. The van der Waals surface area contributed by atoms with Gasteiger partial charge < -0.3 is 19.2 Å². The van der Waals surface area contributed by atoms with Crippen LogP contribution in [-0.2, 0) is 19.1 Å². The lowest BCUT2D eigenvalue weighted by Gasteiger charge is -2.38. The second-order valence-electron chi connectivity index (χ2n) is 7.93. The summed E-state index contributed by atoms with van der Waals surface area (Å²) in [5, 5.41) is -0.0390. The van der Waals surface area contributed by atoms with Crippen molar-refractivity contribution in [2.24, 2.45) is 0 Å². The summed E-state index contributed by atoms with van der Waals surface area (Å²) >= 11 is 5.62. The van der Waals surface area contributed by atoms with Crippen molar-refractivity contribution in [3.63, 3.8) is 0 Å². The fourth-order valence-electron chi connectivity index (χ4n) is 2.91. The molecule has 1 saturated heterocycles. The number of carbonyl (C=O) groups excluding carboxylic acids is 3. The predicted octanol–water partition coefficient (Wildman–Crippen LogP) is 3.08. The minimum Gasteiger partial charge on any atom is -0.484 e. The smallest absolute Gasteiger partial charge is 0.410 e. The third kappa shape index (κ3) is 7.70. The first-order chi connectivity index (χ1) is 14.5. The van der Waals surface area contributed by atoms with Gasteiger partial charge in [-0.15, -0.1) is 0 Å². The molecule has 1 fully saturated rings. The van der Waals surface area contributed by atoms with Gasteiger partial charge in [0.2, 0.25) is 5.91 Å². The largest absolute Gasteiger partial charge is 0.484 e. The van der Waals surface area contributed by atoms with Crippen molar-refractivity contribution in [1.82, 2.24) is 9.88 Å². The number of nitrogens with zero attached hydrogens (tertiary/aromatic N) is 1. The highest BCUT2D eigenvalue weighted by atomic mass is 35.5. The molecule has 0 unspecified atom stereocenters. The molecule has 1 aliphatic heterocycles. The van der Waals surface area contributed by atoms with Crippen LogP contribution in [0.3, 0.4) is 0 Å². The molecule has 1 aromatic rings. The Balaban J connectivity index is 1.98. The topological polar surface area (TPSA) is 94.2 Å². The molecule has 31 heavy (non-hydrogen) atoms. The molecule has 0 saturated carbocycles. The highest BCUT2D eigenvalue weighted by molar-refractivity contribution is 6.59. The van der Waals surface area contributed by atoms with E-state index in [4.69, 9.17) is 25.8 Å². The van der Waals surface area contributed by atoms with Crippen LogP contribution in [0.1, 0.15) is 34.1 Å². The first-order valence-corrected chi connectivity index (χ1v) is 12.2. The lowest BCUT2D eigenvalue weighted by molar-refractivity contribution is -0.149. The Hall–Kier alpha value is -2.33. The summed E-state index contributed by atoms with van der Waals surface area (Å²) in [6.07, 6.45) is -0.0878. The Morgan fingerprint density at radius 3 is 2.65 bits per heavy atom. The number of amides is 2. The van der Waals surface area contributed by atoms with Crippen molar-refractivity contribution in [2.45, 2.75) is 51.8 Å². The van der Waals surface area contributed by atoms with Crippen LogP contribution in [0.15, 0.2) is 18.2 Å². The Bertz CT molecular complexity index is 819. The highest BCUT2D eigenvalue weighted by Crippen LogP contribution is 2.22. The maximum absolute atomic E-state index is 13.5. The molecule has 0 bridgehead atoms. The minimum atomic E-state index is -1.55. The van der Waals surface area contributed by atoms with Gasteiger partial charge in [0.15, 0.2) is 15.6 Å². The van der Waals surface area contributed by atoms with Crippen LogP contribution in [0.4, 0.5) is 9.18 Å². The first-order valence-electron chi connectivity index (χ1n) is 9.88. The van der Waals surface area contributed by atoms with Crippen LogP contribution in [0.25, 0.3) is 0 Å². The molecule has 8 nitrogen and oxygen atoms in total. The number of hydrogen-bond donors (Lipinski definition) is 1. The summed E-state index contributed by atoms with van der Waals surface area (Å²) in [7, 11) is -1.55. The van der Waals surface area contributed by atoms with Crippen LogP contribution in [-0.4, -0.2) is 62.9 Å². The van der Waals surface area contributed by atoms with Crippen molar-refractivity contribution >= 4 is 38.5 Å². The molecular formula is C20H27ClFN2O6Si. The van der Waals surface area contributed by atoms with Crippen LogP contribution in [0.2, 0.25) is 11.1 Å². The molecule has 1 aromatic carbocycles. The van der Waals surface area contributed by atoms with Gasteiger partial charge in [-0.1, -0.05) is 11.6 Å². The van der Waals surface area contributed by atoms with E-state index in [1.54, 1.807) is 27.7 Å². The first kappa shape index (κ1) is 24.9. The zero-order valence-corrected chi connectivity index (χ0v) is 19.8. The van der Waals surface area contributed by atoms with Crippen molar-refractivity contribution in [1.29, 1.82) is 0 Å². The summed E-state index contributed by atoms with van der Waals surface area (Å²) in [6.45, 7) is 6.79. The van der Waals surface area contributed by atoms with Gasteiger partial charge in [0.1, 0.15) is 23.2 Å². The van der Waals surface area contributed by atoms with Gasteiger partial charge in [0, 0.05) is 12.2 Å². The van der Waals surface area contributed by atoms with Crippen LogP contribution in [0, 0.1) is 5.82 Å². The maximum Gasteiger partial charge on any atom is 0.410 e. The monoisotopic (exact) mass is 473 g/mol. The van der Waals surface area contributed by atoms with Gasteiger partial charge in [-0.25, -0.2) is 14.0 Å². The second-order valence-corrected chi connectivity index (χ2v) is 10.6. The average molecular weight is 474 g/mol. The summed E-state index contributed by atoms with van der Waals surface area (Å²) in [5.41, 5.74) is -0.731. The van der Waals surface area contributed by atoms with Gasteiger partial charge in [0.05, 0.1) is 11.6 Å². The van der Waals surface area contributed by atoms with Crippen LogP contribution in [0.5, 0.6) is 5.75 Å². The number of rotatable bonds is 6. The van der Waals surface area contributed by atoms with Crippen LogP contribution >= 0.6 is 11.6 Å². The number of esters is 1. The summed E-state index contributed by atoms with van der Waals surface area (Å²) < 4.78 is 29.3. The molecule has 171 valence electrons. The van der Waals surface area contributed by atoms with Gasteiger partial charge in [0.25, 0.3) is 0 Å². The van der Waals surface area contributed by atoms with Crippen LogP contribution < -0.4 is 9.72 Å². The molecule has 2 amide bonds. The van der Waals surface area contributed by atoms with E-state index >= 15 is 0 Å². The molecule has 1 atom stereocenters. The SMILES string of the molecule is CCOC(=O)[C@H]1CC[Si](NC(=O)COc2ccc(Cl)c(F)c2)CN1C(=O)OC(C)(C)C. The molecule has 11 heteroatoms. The lowest BCUT2D eigenvalue weighted by atomic mass is 10.2. The number of benzene rings is 1. The van der Waals surface area contributed by atoms with Gasteiger partial charge in [-0.2, -0.15) is 0 Å². The fourth-order valence-corrected chi connectivity index (χ4v) is 5.24. The third-order valence-corrected chi connectivity index (χ3v) is 6.77. The summed E-state index contributed by atoms with van der Waals surface area (Å²) in [6, 6.07) is 3.70. The zero-order chi connectivity index (χ0) is 23.2. The Morgan fingerprint density at radius 2 is 2.03 bits per heavy atom. The van der Waals surface area contributed by atoms with E-state index in [1.807, 2.05) is 0 Å². The third-order valence-electron chi connectivity index (χ3n) is 4.22. The Labute approximate surface area is 187 Å². The standard InChI is InChI=1S/C20H27ClFN2O6Si/c1-5-28-18(26)16-8-9-31(12-24(16)19(27)30-20(2,3)4)23-17(25)11-29-13-6-7-14(21)15(22)10-13/h6-7,10,16H,5,8-9,11-12H2,1-4H3,(H,23,25)/t16-/m1/s1. The van der Waals surface area contributed by atoms with Crippen molar-refractivity contribution < 1.29 is 33.0 Å². The molecule has 0 aliphatic carbocycles. The molecule has 0 spiro atoms. The number of halogens is 2. The molecule has 1 heterocycles. The van der Waals surface area contributed by atoms with E-state index in [0.29, 0.717) is 12.5 Å². The Morgan fingerprint density at radius 1 is 1.32 bits per heavy atom. The van der Waals surface area contributed by atoms with Gasteiger partial charge in [-0.3, -0.25) is 9.69 Å². The minimum absolute atomic E-state index is 0.0390. The molecule has 1 N–H and O–H groups in total. The summed E-state index contributed by atoms with van der Waals surface area (Å²) in [4.78, 5) is 41.5. The van der Waals surface area contributed by atoms with Gasteiger partial charge >= 0.3 is 12.1 Å². The summed E-state index contributed by atoms with van der Waals surface area (Å²) in [5.74, 6) is -1.36. The lowest BCUT2D eigenvalue weighted by Crippen LogP contribution is -2.59. The second kappa shape index (κ2) is 10.8. The average Bonchev–Trinajstić information content (AvgIpc) is 2.67. The van der Waals surface area contributed by atoms with Crippen molar-refractivity contribution in [3.05, 3.63) is 29.0 Å². The van der Waals surface area contributed by atoms with E-state index in [0.717, 1.165) is 6.07 Å². The number of hydrogen-bond acceptors (Lipinski definition) is 6. The van der Waals surface area contributed by atoms with Gasteiger partial charge in [-0.05, 0) is 52.3 Å². The van der Waals surface area contributed by atoms with Crippen molar-refractivity contribution in [3.8, 4) is 5.75 Å². The van der Waals surface area contributed by atoms with Crippen molar-refractivity contribution in [2.75, 3.05) is 19.4 Å². The van der Waals surface area contributed by atoms with E-state index in [-0.39, 0.29) is 30.2 Å². The van der Waals surface area contributed by atoms with E-state index in [2.05, 4.69) is 4.98 Å². The predicted molar refractivity (Wildman–Crippen MR) is 114 cm³/mol. The Kier molecular flexibility index (Phi) is 8.69. The quantitative estimate of drug-likeness (QED) is 0.504. The van der Waals surface area contributed by atoms with E-state index in [9.17, 15) is 18.8 Å². The molecule has 2 rings (SSSR count). The van der Waals surface area contributed by atoms with E-state index < -0.39 is 44.4 Å². The maximum atomic E-state index is 13.5. The van der Waals surface area contributed by atoms with E-state index in [1.165, 1.54) is 17.0 Å². The molecule has 0 aromatic heterocycles. The normalized spacial score (nSPS) is 17.1. The number of ether oxygens (including phenoxy) is 3. The number of nitrogens with one attached hydrogen (secondary N) is 1. The number of carbonyl (C=O) groups is 3.